The van der Waals surface area contributed by atoms with Gasteiger partial charge in [-0.15, -0.1) is 0 Å². The Labute approximate surface area is 131 Å². The number of hydrogen-bond donors (Lipinski definition) is 0. The predicted octanol–water partition coefficient (Wildman–Crippen LogP) is 2.62. The Bertz CT molecular complexity index is 827. The molecule has 0 bridgehead atoms. The zero-order valence-electron chi connectivity index (χ0n) is 11.9. The number of ether oxygens (including phenoxy) is 1. The van der Waals surface area contributed by atoms with Gasteiger partial charge in [-0.1, -0.05) is 6.07 Å². The molecule has 0 atom stereocenters. The van der Waals surface area contributed by atoms with Gasteiger partial charge in [0.15, 0.2) is 11.5 Å². The van der Waals surface area contributed by atoms with Gasteiger partial charge in [0.05, 0.1) is 24.5 Å². The molecule has 3 heterocycles. The van der Waals surface area contributed by atoms with Crippen molar-refractivity contribution in [3.05, 3.63) is 72.6 Å². The van der Waals surface area contributed by atoms with Crippen molar-refractivity contribution in [1.82, 2.24) is 19.9 Å². The Hall–Kier alpha value is -3.22. The largest absolute Gasteiger partial charge is 0.454 e. The Balaban J connectivity index is 1.75. The van der Waals surface area contributed by atoms with Crippen LogP contribution in [0.25, 0.3) is 0 Å². The van der Waals surface area contributed by atoms with Crippen LogP contribution in [0.1, 0.15) is 16.2 Å². The number of carbonyl (C=O) groups excluding carboxylic acids is 1. The van der Waals surface area contributed by atoms with Gasteiger partial charge in [-0.05, 0) is 18.2 Å². The van der Waals surface area contributed by atoms with E-state index in [1.165, 1.54) is 43.1 Å². The van der Waals surface area contributed by atoms with E-state index in [0.717, 1.165) is 0 Å². The molecule has 0 aliphatic rings. The molecule has 6 nitrogen and oxygen atoms in total. The summed E-state index contributed by atoms with van der Waals surface area (Å²) < 4.78 is 18.6. The first kappa shape index (κ1) is 14.7. The molecule has 3 aromatic heterocycles. The lowest BCUT2D eigenvalue weighted by molar-refractivity contribution is 0.0986. The molecule has 0 aliphatic heterocycles. The number of hydrogen-bond acceptors (Lipinski definition) is 6. The quantitative estimate of drug-likeness (QED) is 0.532. The van der Waals surface area contributed by atoms with E-state index in [9.17, 15) is 9.18 Å². The van der Waals surface area contributed by atoms with Crippen LogP contribution in [0.5, 0.6) is 11.5 Å². The SMILES string of the molecule is O=C(Cc1cccc(F)n1)c1cc(Oc2cncnc2)ccn1. The lowest BCUT2D eigenvalue weighted by Crippen LogP contribution is -2.07. The third kappa shape index (κ3) is 3.91. The minimum Gasteiger partial charge on any atom is -0.454 e. The molecular formula is C16H11FN4O2. The Kier molecular flexibility index (Phi) is 4.28. The van der Waals surface area contributed by atoms with Crippen molar-refractivity contribution in [3.63, 3.8) is 0 Å². The van der Waals surface area contributed by atoms with Crippen LogP contribution >= 0.6 is 0 Å². The molecule has 0 N–H and O–H groups in total. The first-order valence-electron chi connectivity index (χ1n) is 6.74. The van der Waals surface area contributed by atoms with Gasteiger partial charge in [-0.3, -0.25) is 9.78 Å². The number of aromatic nitrogens is 4. The molecule has 23 heavy (non-hydrogen) atoms. The van der Waals surface area contributed by atoms with Crippen LogP contribution in [0.2, 0.25) is 0 Å². The molecule has 0 saturated heterocycles. The van der Waals surface area contributed by atoms with Crippen molar-refractivity contribution in [3.8, 4) is 11.5 Å². The van der Waals surface area contributed by atoms with E-state index in [1.807, 2.05) is 0 Å². The zero-order chi connectivity index (χ0) is 16.1. The maximum absolute atomic E-state index is 13.1. The minimum atomic E-state index is -0.621. The van der Waals surface area contributed by atoms with E-state index in [2.05, 4.69) is 19.9 Å². The molecule has 0 amide bonds. The van der Waals surface area contributed by atoms with Crippen LogP contribution in [-0.2, 0) is 6.42 Å². The monoisotopic (exact) mass is 310 g/mol. The van der Waals surface area contributed by atoms with Gasteiger partial charge in [-0.25, -0.2) is 15.0 Å². The van der Waals surface area contributed by atoms with Gasteiger partial charge < -0.3 is 4.74 Å². The van der Waals surface area contributed by atoms with Crippen LogP contribution in [0.3, 0.4) is 0 Å². The molecule has 7 heteroatoms. The summed E-state index contributed by atoms with van der Waals surface area (Å²) in [7, 11) is 0. The van der Waals surface area contributed by atoms with Crippen molar-refractivity contribution in [1.29, 1.82) is 0 Å². The number of nitrogens with zero attached hydrogens (tertiary/aromatic N) is 4. The molecular weight excluding hydrogens is 299 g/mol. The second-order valence-electron chi connectivity index (χ2n) is 4.60. The van der Waals surface area contributed by atoms with E-state index < -0.39 is 5.95 Å². The molecule has 0 unspecified atom stereocenters. The normalized spacial score (nSPS) is 10.3. The highest BCUT2D eigenvalue weighted by Crippen LogP contribution is 2.20. The summed E-state index contributed by atoms with van der Waals surface area (Å²) in [5.41, 5.74) is 0.560. The molecule has 0 saturated carbocycles. The van der Waals surface area contributed by atoms with Gasteiger partial charge in [0, 0.05) is 12.3 Å². The number of pyridine rings is 2. The lowest BCUT2D eigenvalue weighted by atomic mass is 10.1. The average Bonchev–Trinajstić information content (AvgIpc) is 2.56. The van der Waals surface area contributed by atoms with Gasteiger partial charge in [0.25, 0.3) is 0 Å². The van der Waals surface area contributed by atoms with Gasteiger partial charge >= 0.3 is 0 Å². The highest BCUT2D eigenvalue weighted by molar-refractivity contribution is 5.95. The van der Waals surface area contributed by atoms with Crippen molar-refractivity contribution in [2.45, 2.75) is 6.42 Å². The summed E-state index contributed by atoms with van der Waals surface area (Å²) in [6.45, 7) is 0. The number of ketones is 1. The standard InChI is InChI=1S/C16H11FN4O2/c17-16-3-1-2-11(21-16)6-15(22)14-7-12(4-5-20-14)23-13-8-18-10-19-9-13/h1-5,7-10H,6H2. The molecule has 0 spiro atoms. The zero-order valence-corrected chi connectivity index (χ0v) is 11.9. The summed E-state index contributed by atoms with van der Waals surface area (Å²) in [5.74, 6) is -0.0171. The van der Waals surface area contributed by atoms with Crippen molar-refractivity contribution in [2.75, 3.05) is 0 Å². The van der Waals surface area contributed by atoms with Gasteiger partial charge in [-0.2, -0.15) is 4.39 Å². The predicted molar refractivity (Wildman–Crippen MR) is 78.6 cm³/mol. The minimum absolute atomic E-state index is 0.0390. The average molecular weight is 310 g/mol. The topological polar surface area (TPSA) is 77.9 Å². The molecule has 114 valence electrons. The highest BCUT2D eigenvalue weighted by Gasteiger charge is 2.11. The molecule has 3 aromatic rings. The van der Waals surface area contributed by atoms with Crippen LogP contribution in [0.15, 0.2) is 55.2 Å². The molecule has 0 fully saturated rings. The third-order valence-corrected chi connectivity index (χ3v) is 2.90. The Morgan fingerprint density at radius 2 is 1.96 bits per heavy atom. The van der Waals surface area contributed by atoms with E-state index in [0.29, 0.717) is 17.2 Å². The van der Waals surface area contributed by atoms with E-state index >= 15 is 0 Å². The second-order valence-corrected chi connectivity index (χ2v) is 4.60. The lowest BCUT2D eigenvalue weighted by Gasteiger charge is -2.06. The summed E-state index contributed by atoms with van der Waals surface area (Å²) in [4.78, 5) is 27.6. The summed E-state index contributed by atoms with van der Waals surface area (Å²) >= 11 is 0. The molecule has 0 radical (unpaired) electrons. The summed E-state index contributed by atoms with van der Waals surface area (Å²) in [6, 6.07) is 7.44. The van der Waals surface area contributed by atoms with E-state index in [4.69, 9.17) is 4.74 Å². The van der Waals surface area contributed by atoms with Crippen LogP contribution < -0.4 is 4.74 Å². The maximum Gasteiger partial charge on any atom is 0.213 e. The maximum atomic E-state index is 13.1. The fourth-order valence-corrected chi connectivity index (χ4v) is 1.91. The molecule has 0 aliphatic carbocycles. The Morgan fingerprint density at radius 3 is 2.74 bits per heavy atom. The number of Topliss-reactive ketones (excluding diaryl/α,β-unsaturated/α-hetero) is 1. The fourth-order valence-electron chi connectivity index (χ4n) is 1.91. The smallest absolute Gasteiger partial charge is 0.213 e. The number of rotatable bonds is 5. The van der Waals surface area contributed by atoms with Gasteiger partial charge in [0.2, 0.25) is 5.95 Å². The second kappa shape index (κ2) is 6.69. The first-order chi connectivity index (χ1) is 11.2. The van der Waals surface area contributed by atoms with E-state index in [-0.39, 0.29) is 17.9 Å². The number of halogens is 1. The van der Waals surface area contributed by atoms with Crippen molar-refractivity contribution < 1.29 is 13.9 Å². The van der Waals surface area contributed by atoms with Crippen molar-refractivity contribution >= 4 is 5.78 Å². The highest BCUT2D eigenvalue weighted by atomic mass is 19.1. The van der Waals surface area contributed by atoms with E-state index in [1.54, 1.807) is 12.1 Å². The first-order valence-corrected chi connectivity index (χ1v) is 6.74. The molecule has 0 aromatic carbocycles. The third-order valence-electron chi connectivity index (χ3n) is 2.90. The fraction of sp³-hybridized carbons (Fsp3) is 0.0625. The molecule has 3 rings (SSSR count). The Morgan fingerprint density at radius 1 is 1.13 bits per heavy atom. The summed E-state index contributed by atoms with van der Waals surface area (Å²) in [6.07, 6.45) is 5.82. The van der Waals surface area contributed by atoms with Crippen LogP contribution in [0, 0.1) is 5.95 Å². The van der Waals surface area contributed by atoms with Crippen LogP contribution in [-0.4, -0.2) is 25.7 Å². The van der Waals surface area contributed by atoms with Crippen molar-refractivity contribution in [2.24, 2.45) is 0 Å². The van der Waals surface area contributed by atoms with Crippen LogP contribution in [0.4, 0.5) is 4.39 Å². The number of carbonyl (C=O) groups is 1. The van der Waals surface area contributed by atoms with Gasteiger partial charge in [0.1, 0.15) is 17.8 Å². The summed E-state index contributed by atoms with van der Waals surface area (Å²) in [5, 5.41) is 0.